The van der Waals surface area contributed by atoms with Gasteiger partial charge in [-0.15, -0.1) is 0 Å². The first-order valence-corrected chi connectivity index (χ1v) is 9.61. The quantitative estimate of drug-likeness (QED) is 0.730. The molecule has 0 N–H and O–H groups in total. The minimum Gasteiger partial charge on any atom is -0.344 e. The number of hydrogen-bond donors (Lipinski definition) is 0. The molecule has 0 saturated carbocycles. The minimum absolute atomic E-state index is 0.00852. The van der Waals surface area contributed by atoms with E-state index in [0.717, 1.165) is 36.5 Å². The lowest BCUT2D eigenvalue weighted by Gasteiger charge is -2.31. The summed E-state index contributed by atoms with van der Waals surface area (Å²) in [6, 6.07) is 8.08. The van der Waals surface area contributed by atoms with Crippen LogP contribution in [-0.4, -0.2) is 34.2 Å². The normalized spacial score (nSPS) is 17.2. The fourth-order valence-corrected chi connectivity index (χ4v) is 3.93. The molecule has 1 fully saturated rings. The Balaban J connectivity index is 1.84. The van der Waals surface area contributed by atoms with Gasteiger partial charge < -0.3 is 9.47 Å². The maximum absolute atomic E-state index is 13.3. The Morgan fingerprint density at radius 3 is 2.56 bits per heavy atom. The van der Waals surface area contributed by atoms with Gasteiger partial charge in [-0.3, -0.25) is 9.59 Å². The fourth-order valence-electron chi connectivity index (χ4n) is 3.93. The van der Waals surface area contributed by atoms with Crippen LogP contribution in [0.2, 0.25) is 0 Å². The van der Waals surface area contributed by atoms with E-state index >= 15 is 0 Å². The molecule has 1 saturated heterocycles. The van der Waals surface area contributed by atoms with Crippen LogP contribution in [0.5, 0.6) is 0 Å². The first-order chi connectivity index (χ1) is 12.9. The maximum Gasteiger partial charge on any atom is 0.224 e. The van der Waals surface area contributed by atoms with Crippen molar-refractivity contribution in [1.82, 2.24) is 9.47 Å². The van der Waals surface area contributed by atoms with Crippen molar-refractivity contribution in [2.24, 2.45) is 5.92 Å². The first kappa shape index (κ1) is 19.3. The molecule has 1 aliphatic heterocycles. The second-order valence-electron chi connectivity index (χ2n) is 7.58. The van der Waals surface area contributed by atoms with E-state index in [1.807, 2.05) is 22.5 Å². The van der Waals surface area contributed by atoms with Gasteiger partial charge in [0.1, 0.15) is 5.82 Å². The first-order valence-electron chi connectivity index (χ1n) is 9.61. The summed E-state index contributed by atoms with van der Waals surface area (Å²) in [6.07, 6.45) is 2.63. The van der Waals surface area contributed by atoms with E-state index < -0.39 is 0 Å². The molecule has 1 amide bonds. The van der Waals surface area contributed by atoms with Crippen molar-refractivity contribution in [3.05, 3.63) is 47.4 Å². The van der Waals surface area contributed by atoms with Gasteiger partial charge in [0.05, 0.1) is 0 Å². The van der Waals surface area contributed by atoms with Crippen molar-refractivity contribution in [2.45, 2.75) is 46.6 Å². The largest absolute Gasteiger partial charge is 0.344 e. The van der Waals surface area contributed by atoms with Crippen molar-refractivity contribution in [1.29, 1.82) is 0 Å². The molecule has 3 rings (SSSR count). The number of benzene rings is 1. The number of likely N-dealkylation sites (tertiary alicyclic amines) is 1. The summed E-state index contributed by atoms with van der Waals surface area (Å²) in [6.45, 7) is 7.79. The van der Waals surface area contributed by atoms with Crippen molar-refractivity contribution in [2.75, 3.05) is 13.1 Å². The third kappa shape index (κ3) is 4.29. The number of amides is 1. The van der Waals surface area contributed by atoms with Gasteiger partial charge in [0.25, 0.3) is 0 Å². The number of carbonyl (C=O) groups is 2. The zero-order valence-electron chi connectivity index (χ0n) is 16.3. The summed E-state index contributed by atoms with van der Waals surface area (Å²) in [4.78, 5) is 26.6. The lowest BCUT2D eigenvalue weighted by atomic mass is 10.00. The number of aromatic nitrogens is 1. The molecule has 2 aromatic rings. The third-order valence-corrected chi connectivity index (χ3v) is 5.44. The Morgan fingerprint density at radius 2 is 1.93 bits per heavy atom. The van der Waals surface area contributed by atoms with Gasteiger partial charge in [-0.2, -0.15) is 0 Å². The average molecular weight is 370 g/mol. The van der Waals surface area contributed by atoms with Gasteiger partial charge in [0.15, 0.2) is 5.78 Å². The van der Waals surface area contributed by atoms with Crippen molar-refractivity contribution < 1.29 is 14.0 Å². The van der Waals surface area contributed by atoms with E-state index in [0.29, 0.717) is 24.4 Å². The summed E-state index contributed by atoms with van der Waals surface area (Å²) in [7, 11) is 0. The van der Waals surface area contributed by atoms with E-state index in [2.05, 4.69) is 6.92 Å². The van der Waals surface area contributed by atoms with E-state index in [1.54, 1.807) is 19.1 Å². The topological polar surface area (TPSA) is 42.3 Å². The third-order valence-electron chi connectivity index (χ3n) is 5.44. The number of piperidine rings is 1. The Bertz CT molecular complexity index is 839. The number of carbonyl (C=O) groups excluding carboxylic acids is 2. The number of halogens is 1. The van der Waals surface area contributed by atoms with Crippen LogP contribution in [-0.2, 0) is 11.3 Å². The standard InChI is InChI=1S/C22H27FN2O2/c1-15-5-4-11-24(14-15)22(27)10-12-25-16(2)20(17(3)26)13-21(25)18-6-8-19(23)9-7-18/h6-9,13,15H,4-5,10-12,14H2,1-3H3. The smallest absolute Gasteiger partial charge is 0.224 e. The second kappa shape index (κ2) is 8.07. The van der Waals surface area contributed by atoms with Crippen LogP contribution in [0.3, 0.4) is 0 Å². The van der Waals surface area contributed by atoms with E-state index in [1.165, 1.54) is 18.6 Å². The second-order valence-corrected chi connectivity index (χ2v) is 7.58. The van der Waals surface area contributed by atoms with Crippen molar-refractivity contribution in [3.8, 4) is 11.3 Å². The Labute approximate surface area is 160 Å². The Kier molecular flexibility index (Phi) is 5.78. The van der Waals surface area contributed by atoms with E-state index in [-0.39, 0.29) is 17.5 Å². The SMILES string of the molecule is CC(=O)c1cc(-c2ccc(F)cc2)n(CCC(=O)N2CCCC(C)C2)c1C. The molecule has 0 bridgehead atoms. The summed E-state index contributed by atoms with van der Waals surface area (Å²) >= 11 is 0. The van der Waals surface area contributed by atoms with Gasteiger partial charge >= 0.3 is 0 Å². The molecule has 1 aromatic carbocycles. The number of rotatable bonds is 5. The molecule has 0 radical (unpaired) electrons. The van der Waals surface area contributed by atoms with Gasteiger partial charge in [0.2, 0.25) is 5.91 Å². The molecule has 1 atom stereocenters. The average Bonchev–Trinajstić information content (AvgIpc) is 2.97. The fraction of sp³-hybridized carbons (Fsp3) is 0.455. The zero-order chi connectivity index (χ0) is 19.6. The van der Waals surface area contributed by atoms with Crippen molar-refractivity contribution in [3.63, 3.8) is 0 Å². The maximum atomic E-state index is 13.3. The van der Waals surface area contributed by atoms with Gasteiger partial charge in [0, 0.05) is 43.0 Å². The van der Waals surface area contributed by atoms with Crippen LogP contribution in [0.1, 0.15) is 49.2 Å². The summed E-state index contributed by atoms with van der Waals surface area (Å²) < 4.78 is 15.3. The molecular formula is C22H27FN2O2. The number of hydrogen-bond acceptors (Lipinski definition) is 2. The number of nitrogens with zero attached hydrogens (tertiary/aromatic N) is 2. The molecule has 0 spiro atoms. The van der Waals surface area contributed by atoms with Crippen molar-refractivity contribution >= 4 is 11.7 Å². The Hall–Kier alpha value is -2.43. The van der Waals surface area contributed by atoms with Gasteiger partial charge in [-0.25, -0.2) is 4.39 Å². The summed E-state index contributed by atoms with van der Waals surface area (Å²) in [5.74, 6) is 0.403. The molecule has 1 aromatic heterocycles. The highest BCUT2D eigenvalue weighted by atomic mass is 19.1. The number of Topliss-reactive ketones (excluding diaryl/α,β-unsaturated/α-hetero) is 1. The molecule has 4 nitrogen and oxygen atoms in total. The lowest BCUT2D eigenvalue weighted by Crippen LogP contribution is -2.39. The van der Waals surface area contributed by atoms with Gasteiger partial charge in [-0.05, 0) is 68.5 Å². The molecule has 27 heavy (non-hydrogen) atoms. The van der Waals surface area contributed by atoms with Gasteiger partial charge in [-0.1, -0.05) is 6.92 Å². The molecule has 0 aliphatic carbocycles. The number of ketones is 1. The van der Waals surface area contributed by atoms with Crippen LogP contribution in [0.4, 0.5) is 4.39 Å². The zero-order valence-corrected chi connectivity index (χ0v) is 16.3. The highest BCUT2D eigenvalue weighted by Crippen LogP contribution is 2.27. The van der Waals surface area contributed by atoms with Crippen LogP contribution >= 0.6 is 0 Å². The highest BCUT2D eigenvalue weighted by Gasteiger charge is 2.22. The van der Waals surface area contributed by atoms with Crippen LogP contribution < -0.4 is 0 Å². The minimum atomic E-state index is -0.297. The molecule has 2 heterocycles. The summed E-state index contributed by atoms with van der Waals surface area (Å²) in [5, 5.41) is 0. The van der Waals surface area contributed by atoms with Crippen LogP contribution in [0.15, 0.2) is 30.3 Å². The summed E-state index contributed by atoms with van der Waals surface area (Å²) in [5.41, 5.74) is 3.18. The molecule has 1 unspecified atom stereocenters. The molecular weight excluding hydrogens is 343 g/mol. The Morgan fingerprint density at radius 1 is 1.22 bits per heavy atom. The van der Waals surface area contributed by atoms with Crippen LogP contribution in [0.25, 0.3) is 11.3 Å². The predicted octanol–water partition coefficient (Wildman–Crippen LogP) is 4.45. The van der Waals surface area contributed by atoms with E-state index in [4.69, 9.17) is 0 Å². The monoisotopic (exact) mass is 370 g/mol. The molecule has 144 valence electrons. The highest BCUT2D eigenvalue weighted by molar-refractivity contribution is 5.96. The molecule has 5 heteroatoms. The van der Waals surface area contributed by atoms with Crippen LogP contribution in [0, 0.1) is 18.7 Å². The lowest BCUT2D eigenvalue weighted by molar-refractivity contribution is -0.133. The van der Waals surface area contributed by atoms with E-state index in [9.17, 15) is 14.0 Å². The molecule has 1 aliphatic rings. The predicted molar refractivity (Wildman–Crippen MR) is 104 cm³/mol.